The molecule has 2 aromatic heterocycles. The van der Waals surface area contributed by atoms with E-state index in [0.29, 0.717) is 16.9 Å². The van der Waals surface area contributed by atoms with Crippen LogP contribution in [0.2, 0.25) is 0 Å². The standard InChI is InChI=1S/C18H17FN4O2.C2H6/c19-13-7-12(8-15(24)9-13)16-10-18(25)23-11-14(1-2-17(23)21-16)22-5-3-20-4-6-22;1-2/h1-2,7-11,20,24H,3-6H2;1-2H3. The fourth-order valence-electron chi connectivity index (χ4n) is 3.07. The van der Waals surface area contributed by atoms with Crippen molar-refractivity contribution in [2.75, 3.05) is 31.1 Å². The topological polar surface area (TPSA) is 69.9 Å². The van der Waals surface area contributed by atoms with E-state index >= 15 is 0 Å². The lowest BCUT2D eigenvalue weighted by atomic mass is 10.1. The molecule has 1 aliphatic rings. The molecule has 0 atom stereocenters. The fourth-order valence-corrected chi connectivity index (χ4v) is 3.07. The van der Waals surface area contributed by atoms with Crippen LogP contribution in [0, 0.1) is 5.82 Å². The van der Waals surface area contributed by atoms with Gasteiger partial charge in [0.1, 0.15) is 17.2 Å². The normalized spacial score (nSPS) is 14.0. The predicted molar refractivity (Wildman–Crippen MR) is 105 cm³/mol. The lowest BCUT2D eigenvalue weighted by Gasteiger charge is -2.29. The molecule has 1 fully saturated rings. The summed E-state index contributed by atoms with van der Waals surface area (Å²) in [7, 11) is 0. The van der Waals surface area contributed by atoms with Crippen molar-refractivity contribution in [3.8, 4) is 17.0 Å². The summed E-state index contributed by atoms with van der Waals surface area (Å²) in [5.74, 6) is -0.780. The number of phenolic OH excluding ortho intramolecular Hbond substituents is 1. The Labute approximate surface area is 156 Å². The van der Waals surface area contributed by atoms with Crippen LogP contribution in [0.25, 0.3) is 16.9 Å². The number of piperazine rings is 1. The third kappa shape index (κ3) is 4.09. The van der Waals surface area contributed by atoms with Crippen molar-refractivity contribution < 1.29 is 9.50 Å². The molecule has 3 aromatic rings. The van der Waals surface area contributed by atoms with Crippen LogP contribution in [0.15, 0.2) is 47.4 Å². The van der Waals surface area contributed by atoms with E-state index in [1.807, 2.05) is 19.9 Å². The van der Waals surface area contributed by atoms with E-state index in [9.17, 15) is 14.3 Å². The van der Waals surface area contributed by atoms with Crippen molar-refractivity contribution in [1.29, 1.82) is 0 Å². The highest BCUT2D eigenvalue weighted by molar-refractivity contribution is 5.64. The van der Waals surface area contributed by atoms with Crippen molar-refractivity contribution in [3.05, 3.63) is 58.8 Å². The van der Waals surface area contributed by atoms with Gasteiger partial charge in [-0.05, 0) is 24.3 Å². The Bertz CT molecular complexity index is 977. The van der Waals surface area contributed by atoms with Crippen LogP contribution in [0.5, 0.6) is 5.75 Å². The number of phenols is 1. The molecule has 3 heterocycles. The second-order valence-electron chi connectivity index (χ2n) is 6.03. The van der Waals surface area contributed by atoms with E-state index in [-0.39, 0.29) is 11.3 Å². The van der Waals surface area contributed by atoms with Gasteiger partial charge in [-0.25, -0.2) is 9.37 Å². The Balaban J connectivity index is 0.00000102. The second kappa shape index (κ2) is 8.18. The number of hydrogen-bond donors (Lipinski definition) is 2. The van der Waals surface area contributed by atoms with Gasteiger partial charge in [-0.3, -0.25) is 9.20 Å². The van der Waals surface area contributed by atoms with Gasteiger partial charge < -0.3 is 15.3 Å². The lowest BCUT2D eigenvalue weighted by molar-refractivity contribution is 0.469. The average molecular weight is 370 g/mol. The van der Waals surface area contributed by atoms with Crippen molar-refractivity contribution >= 4 is 11.3 Å². The minimum absolute atomic E-state index is 0.203. The summed E-state index contributed by atoms with van der Waals surface area (Å²) in [6.07, 6.45) is 1.78. The molecule has 0 amide bonds. The fraction of sp³-hybridized carbons (Fsp3) is 0.300. The number of pyridine rings is 1. The Morgan fingerprint density at radius 3 is 2.56 bits per heavy atom. The van der Waals surface area contributed by atoms with Gasteiger partial charge in [-0.2, -0.15) is 0 Å². The number of rotatable bonds is 2. The average Bonchev–Trinajstić information content (AvgIpc) is 2.69. The summed E-state index contributed by atoms with van der Waals surface area (Å²) in [4.78, 5) is 19.2. The Morgan fingerprint density at radius 2 is 1.85 bits per heavy atom. The van der Waals surface area contributed by atoms with Crippen LogP contribution >= 0.6 is 0 Å². The van der Waals surface area contributed by atoms with Crippen LogP contribution < -0.4 is 15.8 Å². The Kier molecular flexibility index (Phi) is 5.71. The van der Waals surface area contributed by atoms with Crippen molar-refractivity contribution in [3.63, 3.8) is 0 Å². The number of nitrogens with zero attached hydrogens (tertiary/aromatic N) is 3. The summed E-state index contributed by atoms with van der Waals surface area (Å²) in [5.41, 5.74) is 1.89. The molecule has 0 radical (unpaired) electrons. The number of benzene rings is 1. The molecule has 0 unspecified atom stereocenters. The van der Waals surface area contributed by atoms with Crippen LogP contribution in [0.3, 0.4) is 0 Å². The SMILES string of the molecule is CC.O=c1cc(-c2cc(O)cc(F)c2)nc2ccc(N3CCNCC3)cn12. The van der Waals surface area contributed by atoms with E-state index in [4.69, 9.17) is 0 Å². The molecule has 1 aliphatic heterocycles. The zero-order valence-electron chi connectivity index (χ0n) is 15.4. The maximum Gasteiger partial charge on any atom is 0.258 e. The molecule has 0 aliphatic carbocycles. The Hall–Kier alpha value is -2.93. The molecule has 0 bridgehead atoms. The van der Waals surface area contributed by atoms with Gasteiger partial charge in [-0.15, -0.1) is 0 Å². The largest absolute Gasteiger partial charge is 0.508 e. The molecule has 27 heavy (non-hydrogen) atoms. The third-order valence-corrected chi connectivity index (χ3v) is 4.30. The number of nitrogens with one attached hydrogen (secondary N) is 1. The molecular formula is C20H23FN4O2. The quantitative estimate of drug-likeness (QED) is 0.726. The highest BCUT2D eigenvalue weighted by Gasteiger charge is 2.13. The summed E-state index contributed by atoms with van der Waals surface area (Å²) >= 11 is 0. The van der Waals surface area contributed by atoms with Gasteiger partial charge in [0.15, 0.2) is 0 Å². The van der Waals surface area contributed by atoms with E-state index in [2.05, 4.69) is 15.2 Å². The number of fused-ring (bicyclic) bond motifs is 1. The van der Waals surface area contributed by atoms with Crippen LogP contribution in [-0.2, 0) is 0 Å². The zero-order valence-corrected chi connectivity index (χ0v) is 15.4. The molecule has 0 spiro atoms. The monoisotopic (exact) mass is 370 g/mol. The molecule has 1 aromatic carbocycles. The highest BCUT2D eigenvalue weighted by Crippen LogP contribution is 2.23. The maximum atomic E-state index is 13.5. The molecule has 0 saturated carbocycles. The number of hydrogen-bond acceptors (Lipinski definition) is 5. The van der Waals surface area contributed by atoms with Crippen molar-refractivity contribution in [2.24, 2.45) is 0 Å². The van der Waals surface area contributed by atoms with Crippen molar-refractivity contribution in [2.45, 2.75) is 13.8 Å². The summed E-state index contributed by atoms with van der Waals surface area (Å²) in [6, 6.07) is 8.70. The first-order valence-corrected chi connectivity index (χ1v) is 9.09. The molecule has 6 nitrogen and oxygen atoms in total. The van der Waals surface area contributed by atoms with Crippen molar-refractivity contribution in [1.82, 2.24) is 14.7 Å². The molecule has 2 N–H and O–H groups in total. The van der Waals surface area contributed by atoms with Gasteiger partial charge >= 0.3 is 0 Å². The highest BCUT2D eigenvalue weighted by atomic mass is 19.1. The molecular weight excluding hydrogens is 347 g/mol. The number of aromatic hydroxyl groups is 1. The smallest absolute Gasteiger partial charge is 0.258 e. The first kappa shape index (κ1) is 18.8. The number of aromatic nitrogens is 2. The van der Waals surface area contributed by atoms with Crippen LogP contribution in [0.1, 0.15) is 13.8 Å². The van der Waals surface area contributed by atoms with E-state index in [0.717, 1.165) is 37.9 Å². The zero-order chi connectivity index (χ0) is 19.4. The van der Waals surface area contributed by atoms with E-state index in [1.165, 1.54) is 22.6 Å². The van der Waals surface area contributed by atoms with Gasteiger partial charge in [0.25, 0.3) is 5.56 Å². The third-order valence-electron chi connectivity index (χ3n) is 4.30. The van der Waals surface area contributed by atoms with E-state index in [1.54, 1.807) is 12.3 Å². The van der Waals surface area contributed by atoms with Crippen LogP contribution in [-0.4, -0.2) is 40.7 Å². The lowest BCUT2D eigenvalue weighted by Crippen LogP contribution is -2.43. The minimum atomic E-state index is -0.578. The van der Waals surface area contributed by atoms with Crippen LogP contribution in [0.4, 0.5) is 10.1 Å². The second-order valence-corrected chi connectivity index (χ2v) is 6.03. The van der Waals surface area contributed by atoms with Gasteiger partial charge in [0.05, 0.1) is 11.4 Å². The summed E-state index contributed by atoms with van der Waals surface area (Å²) in [6.45, 7) is 7.59. The van der Waals surface area contributed by atoms with E-state index < -0.39 is 5.82 Å². The first-order chi connectivity index (χ1) is 13.1. The first-order valence-electron chi connectivity index (χ1n) is 9.09. The molecule has 4 rings (SSSR count). The Morgan fingerprint density at radius 1 is 1.11 bits per heavy atom. The van der Waals surface area contributed by atoms with Gasteiger partial charge in [0, 0.05) is 50.1 Å². The number of halogens is 1. The molecule has 1 saturated heterocycles. The molecule has 7 heteroatoms. The predicted octanol–water partition coefficient (Wildman–Crippen LogP) is 2.64. The summed E-state index contributed by atoms with van der Waals surface area (Å²) in [5, 5.41) is 12.9. The maximum absolute atomic E-state index is 13.5. The minimum Gasteiger partial charge on any atom is -0.508 e. The van der Waals surface area contributed by atoms with Gasteiger partial charge in [0.2, 0.25) is 0 Å². The molecule has 142 valence electrons. The van der Waals surface area contributed by atoms with Gasteiger partial charge in [-0.1, -0.05) is 13.8 Å². The summed E-state index contributed by atoms with van der Waals surface area (Å²) < 4.78 is 15.0. The number of anilines is 1.